The van der Waals surface area contributed by atoms with Gasteiger partial charge in [0.05, 0.1) is 6.04 Å². The van der Waals surface area contributed by atoms with Gasteiger partial charge < -0.3 is 10.2 Å². The Labute approximate surface area is 161 Å². The molecule has 3 fully saturated rings. The van der Waals surface area contributed by atoms with Gasteiger partial charge >= 0.3 is 0 Å². The third-order valence-corrected chi connectivity index (χ3v) is 6.96. The van der Waals surface area contributed by atoms with E-state index in [0.29, 0.717) is 11.7 Å². The van der Waals surface area contributed by atoms with Crippen LogP contribution in [0, 0.1) is 5.82 Å². The van der Waals surface area contributed by atoms with Gasteiger partial charge in [0.15, 0.2) is 0 Å². The zero-order valence-electron chi connectivity index (χ0n) is 16.4. The highest BCUT2D eigenvalue weighted by Gasteiger charge is 2.41. The number of fused-ring (bicyclic) bond motifs is 2. The average Bonchev–Trinajstić information content (AvgIpc) is 2.88. The number of benzene rings is 1. The maximum absolute atomic E-state index is 13.3. The fourth-order valence-corrected chi connectivity index (χ4v) is 5.15. The van der Waals surface area contributed by atoms with E-state index in [2.05, 4.69) is 27.1 Å². The van der Waals surface area contributed by atoms with E-state index in [1.54, 1.807) is 12.1 Å². The van der Waals surface area contributed by atoms with E-state index in [1.807, 2.05) is 6.92 Å². The number of piperazine rings is 1. The van der Waals surface area contributed by atoms with Gasteiger partial charge in [-0.15, -0.1) is 0 Å². The molecule has 0 aliphatic carbocycles. The van der Waals surface area contributed by atoms with Crippen LogP contribution in [0.1, 0.15) is 32.6 Å². The van der Waals surface area contributed by atoms with Crippen LogP contribution in [0.15, 0.2) is 24.3 Å². The largest absolute Gasteiger partial charge is 0.325 e. The highest BCUT2D eigenvalue weighted by Crippen LogP contribution is 2.36. The number of anilines is 1. The van der Waals surface area contributed by atoms with Crippen molar-refractivity contribution in [2.45, 2.75) is 56.8 Å². The van der Waals surface area contributed by atoms with Crippen molar-refractivity contribution in [3.8, 4) is 0 Å². The summed E-state index contributed by atoms with van der Waals surface area (Å²) in [6.07, 6.45) is 5.30. The first-order valence-electron chi connectivity index (χ1n) is 10.3. The predicted octanol–water partition coefficient (Wildman–Crippen LogP) is 2.40. The van der Waals surface area contributed by atoms with Crippen molar-refractivity contribution in [2.75, 3.05) is 38.5 Å². The highest BCUT2D eigenvalue weighted by molar-refractivity contribution is 5.94. The molecule has 6 heteroatoms. The smallest absolute Gasteiger partial charge is 0.241 e. The molecule has 4 atom stereocenters. The number of carbonyl (C=O) groups is 1. The first-order chi connectivity index (χ1) is 13.0. The van der Waals surface area contributed by atoms with Crippen molar-refractivity contribution < 1.29 is 9.18 Å². The third kappa shape index (κ3) is 4.03. The van der Waals surface area contributed by atoms with Crippen LogP contribution >= 0.6 is 0 Å². The Morgan fingerprint density at radius 3 is 2.41 bits per heavy atom. The fraction of sp³-hybridized carbons (Fsp3) is 0.667. The number of nitrogens with zero attached hydrogens (tertiary/aromatic N) is 3. The van der Waals surface area contributed by atoms with Gasteiger partial charge in [0.1, 0.15) is 5.82 Å². The summed E-state index contributed by atoms with van der Waals surface area (Å²) in [4.78, 5) is 20.0. The Morgan fingerprint density at radius 1 is 1.11 bits per heavy atom. The van der Waals surface area contributed by atoms with E-state index in [1.165, 1.54) is 37.8 Å². The minimum Gasteiger partial charge on any atom is -0.325 e. The molecule has 0 radical (unpaired) electrons. The van der Waals surface area contributed by atoms with Gasteiger partial charge in [0.2, 0.25) is 5.91 Å². The van der Waals surface area contributed by atoms with Gasteiger partial charge in [-0.3, -0.25) is 14.6 Å². The van der Waals surface area contributed by atoms with Gasteiger partial charge in [-0.05, 0) is 57.9 Å². The van der Waals surface area contributed by atoms with Crippen molar-refractivity contribution >= 4 is 11.6 Å². The Bertz CT molecular complexity index is 662. The van der Waals surface area contributed by atoms with Crippen LogP contribution in [0.5, 0.6) is 0 Å². The van der Waals surface area contributed by atoms with Gasteiger partial charge in [-0.2, -0.15) is 0 Å². The molecule has 4 rings (SSSR count). The van der Waals surface area contributed by atoms with E-state index in [9.17, 15) is 9.18 Å². The van der Waals surface area contributed by atoms with Crippen LogP contribution in [-0.2, 0) is 4.79 Å². The number of hydrogen-bond acceptors (Lipinski definition) is 4. The molecule has 0 aromatic heterocycles. The van der Waals surface area contributed by atoms with Crippen molar-refractivity contribution in [3.05, 3.63) is 30.1 Å². The summed E-state index contributed by atoms with van der Waals surface area (Å²) < 4.78 is 13.3. The van der Waals surface area contributed by atoms with Gasteiger partial charge in [0.25, 0.3) is 0 Å². The first kappa shape index (κ1) is 18.8. The lowest BCUT2D eigenvalue weighted by Crippen LogP contribution is -2.57. The molecule has 27 heavy (non-hydrogen) atoms. The molecule has 3 saturated heterocycles. The first-order valence-corrected chi connectivity index (χ1v) is 10.3. The lowest BCUT2D eigenvalue weighted by Gasteiger charge is -2.45. The number of nitrogens with one attached hydrogen (secondary N) is 1. The molecular formula is C21H31FN4O. The van der Waals surface area contributed by atoms with Crippen LogP contribution in [0.3, 0.4) is 0 Å². The lowest BCUT2D eigenvalue weighted by atomic mass is 9.96. The summed E-state index contributed by atoms with van der Waals surface area (Å²) >= 11 is 0. The van der Waals surface area contributed by atoms with Crippen LogP contribution in [-0.4, -0.2) is 78.0 Å². The number of halogens is 1. The lowest BCUT2D eigenvalue weighted by molar-refractivity contribution is -0.121. The third-order valence-electron chi connectivity index (χ3n) is 6.96. The molecule has 0 spiro atoms. The minimum absolute atomic E-state index is 0.0635. The molecule has 3 heterocycles. The maximum atomic E-state index is 13.3. The molecule has 1 unspecified atom stereocenters. The second kappa shape index (κ2) is 7.86. The molecule has 148 valence electrons. The highest BCUT2D eigenvalue weighted by atomic mass is 19.1. The van der Waals surface area contributed by atoms with E-state index in [-0.39, 0.29) is 17.8 Å². The maximum Gasteiger partial charge on any atom is 0.241 e. The Morgan fingerprint density at radius 2 is 1.78 bits per heavy atom. The normalized spacial score (nSPS) is 31.0. The van der Waals surface area contributed by atoms with Crippen LogP contribution in [0.2, 0.25) is 0 Å². The molecule has 1 N–H and O–H groups in total. The van der Waals surface area contributed by atoms with Crippen LogP contribution in [0.25, 0.3) is 0 Å². The summed E-state index contributed by atoms with van der Waals surface area (Å²) in [6.45, 7) is 5.84. The number of carbonyl (C=O) groups excluding carboxylic acids is 1. The number of rotatable bonds is 4. The SMILES string of the molecule is C[C@H](C(=O)Nc1cccc(F)c1)N1CCN(C2C[C@H]3CC[C@@H](C2)N3C)CC1. The molecular weight excluding hydrogens is 343 g/mol. The van der Waals surface area contributed by atoms with Gasteiger partial charge in [-0.25, -0.2) is 4.39 Å². The van der Waals surface area contributed by atoms with Crippen molar-refractivity contribution in [1.82, 2.24) is 14.7 Å². The van der Waals surface area contributed by atoms with Crippen LogP contribution in [0.4, 0.5) is 10.1 Å². The van der Waals surface area contributed by atoms with Crippen LogP contribution < -0.4 is 5.32 Å². The quantitative estimate of drug-likeness (QED) is 0.878. The van der Waals surface area contributed by atoms with E-state index < -0.39 is 0 Å². The fourth-order valence-electron chi connectivity index (χ4n) is 5.15. The summed E-state index contributed by atoms with van der Waals surface area (Å²) in [7, 11) is 2.29. The molecule has 1 aromatic rings. The second-order valence-electron chi connectivity index (χ2n) is 8.42. The topological polar surface area (TPSA) is 38.8 Å². The molecule has 1 amide bonds. The van der Waals surface area contributed by atoms with Gasteiger partial charge in [0, 0.05) is 50.0 Å². The second-order valence-corrected chi connectivity index (χ2v) is 8.42. The zero-order chi connectivity index (χ0) is 19.0. The van der Waals surface area contributed by atoms with Crippen molar-refractivity contribution in [3.63, 3.8) is 0 Å². The average molecular weight is 375 g/mol. The molecule has 5 nitrogen and oxygen atoms in total. The van der Waals surface area contributed by atoms with E-state index in [4.69, 9.17) is 0 Å². The summed E-state index contributed by atoms with van der Waals surface area (Å²) in [5, 5.41) is 2.84. The molecule has 0 saturated carbocycles. The standard InChI is InChI=1S/C21H31FN4O/c1-15(21(27)23-17-5-3-4-16(22)12-17)25-8-10-26(11-9-25)20-13-18-6-7-19(14-20)24(18)2/h3-5,12,15,18-20H,6-11,13-14H2,1-2H3,(H,23,27)/t15-,18-,19+,20?/m1/s1. The van der Waals surface area contributed by atoms with Crippen molar-refractivity contribution in [1.29, 1.82) is 0 Å². The van der Waals surface area contributed by atoms with E-state index in [0.717, 1.165) is 38.3 Å². The summed E-state index contributed by atoms with van der Waals surface area (Å²) in [5.41, 5.74) is 0.521. The predicted molar refractivity (Wildman–Crippen MR) is 105 cm³/mol. The monoisotopic (exact) mass is 374 g/mol. The number of piperidine rings is 1. The summed E-state index contributed by atoms with van der Waals surface area (Å²) in [6, 6.07) is 8.11. The molecule has 3 aliphatic heterocycles. The Kier molecular flexibility index (Phi) is 5.48. The summed E-state index contributed by atoms with van der Waals surface area (Å²) in [5.74, 6) is -0.396. The zero-order valence-corrected chi connectivity index (χ0v) is 16.4. The number of amides is 1. The minimum atomic E-state index is -0.332. The Balaban J connectivity index is 1.28. The molecule has 3 aliphatic rings. The van der Waals surface area contributed by atoms with E-state index >= 15 is 0 Å². The number of hydrogen-bond donors (Lipinski definition) is 1. The molecule has 2 bridgehead atoms. The van der Waals surface area contributed by atoms with Crippen molar-refractivity contribution in [2.24, 2.45) is 0 Å². The molecule has 1 aromatic carbocycles. The van der Waals surface area contributed by atoms with Gasteiger partial charge in [-0.1, -0.05) is 6.07 Å². The Hall–Kier alpha value is -1.50.